The normalized spacial score (nSPS) is 20.4. The Kier molecular flexibility index (Phi) is 4.56. The summed E-state index contributed by atoms with van der Waals surface area (Å²) >= 11 is 0. The van der Waals surface area contributed by atoms with Gasteiger partial charge in [-0.1, -0.05) is 12.1 Å². The van der Waals surface area contributed by atoms with Gasteiger partial charge in [-0.15, -0.1) is 0 Å². The molecular weight excluding hydrogens is 264 g/mol. The van der Waals surface area contributed by atoms with E-state index in [1.807, 2.05) is 12.1 Å². The first-order valence-corrected chi connectivity index (χ1v) is 7.97. The van der Waals surface area contributed by atoms with Crippen LogP contribution in [0.3, 0.4) is 0 Å². The average molecular weight is 288 g/mol. The van der Waals surface area contributed by atoms with Crippen LogP contribution in [0.2, 0.25) is 0 Å². The third-order valence-corrected chi connectivity index (χ3v) is 4.50. The fourth-order valence-corrected chi connectivity index (χ4v) is 2.84. The van der Waals surface area contributed by atoms with Crippen LogP contribution in [-0.2, 0) is 6.54 Å². The van der Waals surface area contributed by atoms with Crippen molar-refractivity contribution in [1.82, 2.24) is 10.2 Å². The van der Waals surface area contributed by atoms with Crippen LogP contribution in [-0.4, -0.2) is 41.7 Å². The molecule has 0 unspecified atom stereocenters. The first kappa shape index (κ1) is 14.5. The largest absolute Gasteiger partial charge is 0.396 e. The van der Waals surface area contributed by atoms with Crippen molar-refractivity contribution < 1.29 is 9.90 Å². The van der Waals surface area contributed by atoms with Gasteiger partial charge in [0.15, 0.2) is 0 Å². The minimum atomic E-state index is 0.0489. The van der Waals surface area contributed by atoms with Crippen LogP contribution < -0.4 is 5.32 Å². The molecule has 4 nitrogen and oxygen atoms in total. The van der Waals surface area contributed by atoms with Crippen molar-refractivity contribution in [2.24, 2.45) is 5.92 Å². The number of piperidine rings is 1. The maximum Gasteiger partial charge on any atom is 0.251 e. The molecule has 1 saturated heterocycles. The van der Waals surface area contributed by atoms with Crippen LogP contribution in [0.15, 0.2) is 24.3 Å². The lowest BCUT2D eigenvalue weighted by Gasteiger charge is -2.31. The number of likely N-dealkylation sites (tertiary alicyclic amines) is 1. The van der Waals surface area contributed by atoms with Crippen molar-refractivity contribution in [1.29, 1.82) is 0 Å². The molecule has 3 rings (SSSR count). The van der Waals surface area contributed by atoms with Crippen molar-refractivity contribution in [3.8, 4) is 0 Å². The van der Waals surface area contributed by atoms with Crippen LogP contribution in [0.1, 0.15) is 41.6 Å². The van der Waals surface area contributed by atoms with Crippen molar-refractivity contribution in [2.75, 3.05) is 19.7 Å². The van der Waals surface area contributed by atoms with Gasteiger partial charge in [0.05, 0.1) is 0 Å². The molecule has 1 saturated carbocycles. The second-order valence-corrected chi connectivity index (χ2v) is 6.35. The molecule has 0 atom stereocenters. The zero-order valence-electron chi connectivity index (χ0n) is 12.4. The van der Waals surface area contributed by atoms with Crippen molar-refractivity contribution in [3.05, 3.63) is 35.4 Å². The van der Waals surface area contributed by atoms with Gasteiger partial charge in [-0.3, -0.25) is 9.69 Å². The monoisotopic (exact) mass is 288 g/mol. The number of nitrogens with one attached hydrogen (secondary N) is 1. The van der Waals surface area contributed by atoms with Crippen LogP contribution in [0, 0.1) is 5.92 Å². The highest BCUT2D eigenvalue weighted by atomic mass is 16.3. The Morgan fingerprint density at radius 1 is 1.14 bits per heavy atom. The summed E-state index contributed by atoms with van der Waals surface area (Å²) in [7, 11) is 0. The van der Waals surface area contributed by atoms with E-state index in [4.69, 9.17) is 5.11 Å². The molecule has 0 radical (unpaired) electrons. The maximum atomic E-state index is 11.9. The lowest BCUT2D eigenvalue weighted by Crippen LogP contribution is -2.34. The predicted octanol–water partition coefficient (Wildman–Crippen LogP) is 1.78. The molecule has 1 aliphatic heterocycles. The van der Waals surface area contributed by atoms with Gasteiger partial charge in [-0.2, -0.15) is 0 Å². The Hall–Kier alpha value is -1.39. The van der Waals surface area contributed by atoms with Crippen molar-refractivity contribution in [2.45, 2.75) is 38.3 Å². The standard InChI is InChI=1S/C17H24N2O2/c20-12-14-7-9-19(10-8-14)11-13-1-3-15(4-2-13)17(21)18-16-5-6-16/h1-4,14,16,20H,5-12H2,(H,18,21). The van der Waals surface area contributed by atoms with Gasteiger partial charge in [0.1, 0.15) is 0 Å². The minimum Gasteiger partial charge on any atom is -0.396 e. The second-order valence-electron chi connectivity index (χ2n) is 6.35. The highest BCUT2D eigenvalue weighted by molar-refractivity contribution is 5.94. The van der Waals surface area contributed by atoms with E-state index in [1.54, 1.807) is 0 Å². The highest BCUT2D eigenvalue weighted by Crippen LogP contribution is 2.20. The van der Waals surface area contributed by atoms with Gasteiger partial charge >= 0.3 is 0 Å². The molecule has 21 heavy (non-hydrogen) atoms. The predicted molar refractivity (Wildman–Crippen MR) is 82.0 cm³/mol. The van der Waals surface area contributed by atoms with Gasteiger partial charge in [-0.05, 0) is 62.4 Å². The molecule has 114 valence electrons. The second kappa shape index (κ2) is 6.58. The van der Waals surface area contributed by atoms with E-state index in [1.165, 1.54) is 5.56 Å². The molecule has 4 heteroatoms. The summed E-state index contributed by atoms with van der Waals surface area (Å²) in [4.78, 5) is 14.3. The smallest absolute Gasteiger partial charge is 0.251 e. The number of hydrogen-bond donors (Lipinski definition) is 2. The SMILES string of the molecule is O=C(NC1CC1)c1ccc(CN2CCC(CO)CC2)cc1. The first-order chi connectivity index (χ1) is 10.2. The molecule has 1 aliphatic carbocycles. The molecule has 2 fully saturated rings. The molecule has 0 bridgehead atoms. The van der Waals surface area contributed by atoms with Gasteiger partial charge < -0.3 is 10.4 Å². The molecule has 2 N–H and O–H groups in total. The van der Waals surface area contributed by atoms with E-state index in [0.717, 1.165) is 50.9 Å². The average Bonchev–Trinajstić information content (AvgIpc) is 3.33. The number of amides is 1. The molecule has 0 spiro atoms. The Bertz CT molecular complexity index is 474. The summed E-state index contributed by atoms with van der Waals surface area (Å²) in [5.74, 6) is 0.530. The molecule has 1 amide bonds. The summed E-state index contributed by atoms with van der Waals surface area (Å²) in [5.41, 5.74) is 2.00. The van der Waals surface area contributed by atoms with Gasteiger partial charge in [0.2, 0.25) is 0 Å². The number of carbonyl (C=O) groups is 1. The number of benzene rings is 1. The summed E-state index contributed by atoms with van der Waals surface area (Å²) in [6.07, 6.45) is 4.40. The maximum absolute atomic E-state index is 11.9. The van der Waals surface area contributed by atoms with Gasteiger partial charge in [0.25, 0.3) is 5.91 Å². The molecule has 1 aromatic carbocycles. The molecular formula is C17H24N2O2. The Labute approximate surface area is 126 Å². The third-order valence-electron chi connectivity index (χ3n) is 4.50. The third kappa shape index (κ3) is 4.05. The highest BCUT2D eigenvalue weighted by Gasteiger charge is 2.23. The Morgan fingerprint density at radius 2 is 1.81 bits per heavy atom. The number of aliphatic hydroxyl groups excluding tert-OH is 1. The quantitative estimate of drug-likeness (QED) is 0.868. The molecule has 1 aromatic rings. The van der Waals surface area contributed by atoms with E-state index < -0.39 is 0 Å². The Morgan fingerprint density at radius 3 is 2.38 bits per heavy atom. The lowest BCUT2D eigenvalue weighted by molar-refractivity contribution is 0.0951. The number of carbonyl (C=O) groups excluding carboxylic acids is 1. The zero-order chi connectivity index (χ0) is 14.7. The van der Waals surface area contributed by atoms with Crippen molar-refractivity contribution in [3.63, 3.8) is 0 Å². The van der Waals surface area contributed by atoms with E-state index in [-0.39, 0.29) is 5.91 Å². The number of nitrogens with zero attached hydrogens (tertiary/aromatic N) is 1. The fraction of sp³-hybridized carbons (Fsp3) is 0.588. The zero-order valence-corrected chi connectivity index (χ0v) is 12.4. The fourth-order valence-electron chi connectivity index (χ4n) is 2.84. The van der Waals surface area contributed by atoms with Crippen LogP contribution in [0.25, 0.3) is 0 Å². The van der Waals surface area contributed by atoms with Gasteiger partial charge in [-0.25, -0.2) is 0 Å². The molecule has 0 aromatic heterocycles. The van der Waals surface area contributed by atoms with E-state index in [2.05, 4.69) is 22.3 Å². The van der Waals surface area contributed by atoms with Crippen molar-refractivity contribution >= 4 is 5.91 Å². The van der Waals surface area contributed by atoms with E-state index in [9.17, 15) is 4.79 Å². The molecule has 2 aliphatic rings. The summed E-state index contributed by atoms with van der Waals surface area (Å²) in [6.45, 7) is 3.35. The van der Waals surface area contributed by atoms with Crippen LogP contribution in [0.4, 0.5) is 0 Å². The van der Waals surface area contributed by atoms with E-state index in [0.29, 0.717) is 18.6 Å². The van der Waals surface area contributed by atoms with Gasteiger partial charge in [0, 0.05) is 24.8 Å². The first-order valence-electron chi connectivity index (χ1n) is 7.97. The van der Waals surface area contributed by atoms with Crippen LogP contribution in [0.5, 0.6) is 0 Å². The number of rotatable bonds is 5. The minimum absolute atomic E-state index is 0.0489. The number of aliphatic hydroxyl groups is 1. The Balaban J connectivity index is 1.51. The summed E-state index contributed by atoms with van der Waals surface area (Å²) < 4.78 is 0. The van der Waals surface area contributed by atoms with Crippen LogP contribution >= 0.6 is 0 Å². The summed E-state index contributed by atoms with van der Waals surface area (Å²) in [5, 5.41) is 12.2. The lowest BCUT2D eigenvalue weighted by atomic mass is 9.97. The summed E-state index contributed by atoms with van der Waals surface area (Å²) in [6, 6.07) is 8.37. The topological polar surface area (TPSA) is 52.6 Å². The van der Waals surface area contributed by atoms with E-state index >= 15 is 0 Å². The number of hydrogen-bond acceptors (Lipinski definition) is 3. The molecule has 1 heterocycles.